The van der Waals surface area contributed by atoms with E-state index in [1.54, 1.807) is 41.9 Å². The molecular weight excluding hydrogens is 502 g/mol. The van der Waals surface area contributed by atoms with Crippen LogP contribution in [0.2, 0.25) is 0 Å². The fraction of sp³-hybridized carbons (Fsp3) is 0.238. The zero-order chi connectivity index (χ0) is 19.8. The molecule has 0 aliphatic rings. The first-order valence-electron chi connectivity index (χ1n) is 9.07. The van der Waals surface area contributed by atoms with Crippen LogP contribution in [0.5, 0.6) is 11.5 Å². The van der Waals surface area contributed by atoms with E-state index in [1.807, 2.05) is 13.0 Å². The Morgan fingerprint density at radius 3 is 2.76 bits per heavy atom. The van der Waals surface area contributed by atoms with Crippen molar-refractivity contribution in [2.75, 3.05) is 6.54 Å². The number of halogens is 2. The van der Waals surface area contributed by atoms with E-state index >= 15 is 0 Å². The van der Waals surface area contributed by atoms with Crippen molar-refractivity contribution in [1.82, 2.24) is 15.6 Å². The first-order chi connectivity index (χ1) is 13.7. The summed E-state index contributed by atoms with van der Waals surface area (Å²) in [4.78, 5) is 9.78. The SMILES string of the molecule is CCNC(=NCc1ccc(Oc2cccnc2)c(F)c1)NCc1sccc1C.I. The fourth-order valence-corrected chi connectivity index (χ4v) is 3.37. The molecule has 0 aliphatic heterocycles. The summed E-state index contributed by atoms with van der Waals surface area (Å²) in [6.45, 7) is 5.93. The van der Waals surface area contributed by atoms with Gasteiger partial charge < -0.3 is 15.4 Å². The lowest BCUT2D eigenvalue weighted by molar-refractivity contribution is 0.440. The van der Waals surface area contributed by atoms with Crippen LogP contribution in [0.1, 0.15) is 22.9 Å². The van der Waals surface area contributed by atoms with Crippen molar-refractivity contribution < 1.29 is 9.13 Å². The zero-order valence-electron chi connectivity index (χ0n) is 16.3. The van der Waals surface area contributed by atoms with Gasteiger partial charge in [-0.25, -0.2) is 9.38 Å². The van der Waals surface area contributed by atoms with Crippen molar-refractivity contribution in [2.24, 2.45) is 4.99 Å². The largest absolute Gasteiger partial charge is 0.453 e. The Labute approximate surface area is 191 Å². The van der Waals surface area contributed by atoms with E-state index in [0.29, 0.717) is 24.8 Å². The third-order valence-corrected chi connectivity index (χ3v) is 5.03. The molecule has 0 atom stereocenters. The van der Waals surface area contributed by atoms with E-state index < -0.39 is 5.82 Å². The molecule has 154 valence electrons. The van der Waals surface area contributed by atoms with Gasteiger partial charge in [-0.3, -0.25) is 4.98 Å². The topological polar surface area (TPSA) is 58.5 Å². The molecule has 0 unspecified atom stereocenters. The Morgan fingerprint density at radius 1 is 1.24 bits per heavy atom. The van der Waals surface area contributed by atoms with Gasteiger partial charge in [0.15, 0.2) is 17.5 Å². The number of ether oxygens (including phenoxy) is 1. The molecule has 0 saturated heterocycles. The minimum atomic E-state index is -0.427. The first kappa shape index (κ1) is 23.1. The summed E-state index contributed by atoms with van der Waals surface area (Å²) in [6, 6.07) is 10.4. The van der Waals surface area contributed by atoms with Crippen molar-refractivity contribution in [3.8, 4) is 11.5 Å². The third-order valence-electron chi connectivity index (χ3n) is 4.01. The van der Waals surface area contributed by atoms with Gasteiger partial charge in [-0.15, -0.1) is 35.3 Å². The van der Waals surface area contributed by atoms with Gasteiger partial charge in [-0.1, -0.05) is 6.07 Å². The molecule has 0 aliphatic carbocycles. The zero-order valence-corrected chi connectivity index (χ0v) is 19.5. The number of nitrogens with one attached hydrogen (secondary N) is 2. The monoisotopic (exact) mass is 526 g/mol. The predicted octanol–water partition coefficient (Wildman–Crippen LogP) is 5.26. The Kier molecular flexibility index (Phi) is 9.33. The van der Waals surface area contributed by atoms with Crippen molar-refractivity contribution >= 4 is 41.3 Å². The van der Waals surface area contributed by atoms with Crippen molar-refractivity contribution in [3.63, 3.8) is 0 Å². The van der Waals surface area contributed by atoms with Crippen LogP contribution in [-0.4, -0.2) is 17.5 Å². The number of rotatable bonds is 7. The molecule has 0 bridgehead atoms. The average molecular weight is 526 g/mol. The molecule has 2 heterocycles. The van der Waals surface area contributed by atoms with Crippen LogP contribution in [0.25, 0.3) is 0 Å². The predicted molar refractivity (Wildman–Crippen MR) is 127 cm³/mol. The lowest BCUT2D eigenvalue weighted by Gasteiger charge is -2.11. The Hall–Kier alpha value is -2.20. The molecule has 8 heteroatoms. The maximum Gasteiger partial charge on any atom is 0.191 e. The Bertz CT molecular complexity index is 933. The van der Waals surface area contributed by atoms with E-state index in [-0.39, 0.29) is 29.7 Å². The van der Waals surface area contributed by atoms with Gasteiger partial charge in [-0.05, 0) is 60.7 Å². The molecule has 0 fully saturated rings. The molecule has 1 aromatic carbocycles. The third kappa shape index (κ3) is 6.97. The fourth-order valence-electron chi connectivity index (χ4n) is 2.52. The highest BCUT2D eigenvalue weighted by molar-refractivity contribution is 14.0. The van der Waals surface area contributed by atoms with Crippen molar-refractivity contribution in [2.45, 2.75) is 26.9 Å². The summed E-state index contributed by atoms with van der Waals surface area (Å²) >= 11 is 1.72. The van der Waals surface area contributed by atoms with Gasteiger partial charge in [0.05, 0.1) is 19.3 Å². The van der Waals surface area contributed by atoms with Gasteiger partial charge in [0.2, 0.25) is 0 Å². The summed E-state index contributed by atoms with van der Waals surface area (Å²) in [5.74, 6) is 0.934. The minimum Gasteiger partial charge on any atom is -0.453 e. The molecule has 0 amide bonds. The summed E-state index contributed by atoms with van der Waals surface area (Å²) in [5.41, 5.74) is 2.03. The molecule has 3 aromatic rings. The lowest BCUT2D eigenvalue weighted by Crippen LogP contribution is -2.36. The van der Waals surface area contributed by atoms with E-state index in [4.69, 9.17) is 4.74 Å². The second-order valence-corrected chi connectivity index (χ2v) is 7.13. The number of benzene rings is 1. The first-order valence-corrected chi connectivity index (χ1v) is 9.95. The van der Waals surface area contributed by atoms with Crippen LogP contribution >= 0.6 is 35.3 Å². The number of hydrogen-bond donors (Lipinski definition) is 2. The second-order valence-electron chi connectivity index (χ2n) is 6.13. The summed E-state index contributed by atoms with van der Waals surface area (Å²) < 4.78 is 19.9. The van der Waals surface area contributed by atoms with E-state index in [0.717, 1.165) is 12.1 Å². The highest BCUT2D eigenvalue weighted by Gasteiger charge is 2.07. The molecule has 29 heavy (non-hydrogen) atoms. The van der Waals surface area contributed by atoms with Crippen LogP contribution in [0.15, 0.2) is 59.2 Å². The van der Waals surface area contributed by atoms with Gasteiger partial charge in [0.25, 0.3) is 0 Å². The number of hydrogen-bond acceptors (Lipinski definition) is 4. The van der Waals surface area contributed by atoms with Crippen LogP contribution < -0.4 is 15.4 Å². The molecular formula is C21H24FIN4OS. The maximum atomic E-state index is 14.4. The Balaban J connectivity index is 0.00000300. The Morgan fingerprint density at radius 2 is 2.10 bits per heavy atom. The van der Waals surface area contributed by atoms with E-state index in [2.05, 4.69) is 39.0 Å². The molecule has 5 nitrogen and oxygen atoms in total. The van der Waals surface area contributed by atoms with Gasteiger partial charge in [-0.2, -0.15) is 0 Å². The molecule has 0 spiro atoms. The highest BCUT2D eigenvalue weighted by Crippen LogP contribution is 2.24. The number of pyridine rings is 1. The van der Waals surface area contributed by atoms with Gasteiger partial charge >= 0.3 is 0 Å². The minimum absolute atomic E-state index is 0. The second kappa shape index (κ2) is 11.7. The highest BCUT2D eigenvalue weighted by atomic mass is 127. The number of aryl methyl sites for hydroxylation is 1. The molecule has 0 radical (unpaired) electrons. The van der Waals surface area contributed by atoms with Crippen LogP contribution in [0.3, 0.4) is 0 Å². The van der Waals surface area contributed by atoms with Crippen LogP contribution in [0.4, 0.5) is 4.39 Å². The summed E-state index contributed by atoms with van der Waals surface area (Å²) in [7, 11) is 0. The number of guanidine groups is 1. The van der Waals surface area contributed by atoms with Crippen molar-refractivity contribution in [3.05, 3.63) is 76.0 Å². The standard InChI is InChI=1S/C21H23FN4OS.HI/c1-3-24-21(26-14-20-15(2)8-10-28-20)25-12-16-6-7-19(18(22)11-16)27-17-5-4-9-23-13-17;/h4-11,13H,3,12,14H2,1-2H3,(H2,24,25,26);1H. The molecule has 3 rings (SSSR count). The number of nitrogens with zero attached hydrogens (tertiary/aromatic N) is 2. The molecule has 2 N–H and O–H groups in total. The van der Waals surface area contributed by atoms with Crippen molar-refractivity contribution in [1.29, 1.82) is 0 Å². The lowest BCUT2D eigenvalue weighted by atomic mass is 10.2. The van der Waals surface area contributed by atoms with E-state index in [9.17, 15) is 4.39 Å². The smallest absolute Gasteiger partial charge is 0.191 e. The molecule has 2 aromatic heterocycles. The number of thiophene rings is 1. The maximum absolute atomic E-state index is 14.4. The van der Waals surface area contributed by atoms with Gasteiger partial charge in [0.1, 0.15) is 5.75 Å². The molecule has 0 saturated carbocycles. The number of aliphatic imine (C=N–C) groups is 1. The summed E-state index contributed by atoms with van der Waals surface area (Å²) in [5, 5.41) is 8.61. The van der Waals surface area contributed by atoms with Crippen LogP contribution in [0, 0.1) is 12.7 Å². The average Bonchev–Trinajstić information content (AvgIpc) is 3.11. The number of aromatic nitrogens is 1. The quantitative estimate of drug-likeness (QED) is 0.251. The van der Waals surface area contributed by atoms with Crippen LogP contribution in [-0.2, 0) is 13.1 Å². The normalized spacial score (nSPS) is 10.9. The van der Waals surface area contributed by atoms with E-state index in [1.165, 1.54) is 16.5 Å². The van der Waals surface area contributed by atoms with Gasteiger partial charge in [0, 0.05) is 17.6 Å². The summed E-state index contributed by atoms with van der Waals surface area (Å²) in [6.07, 6.45) is 3.18.